The highest BCUT2D eigenvalue weighted by Crippen LogP contribution is 2.32. The van der Waals surface area contributed by atoms with Crippen LogP contribution in [-0.4, -0.2) is 23.2 Å². The highest BCUT2D eigenvalue weighted by atomic mass is 32.1. The number of anilines is 1. The summed E-state index contributed by atoms with van der Waals surface area (Å²) in [6, 6.07) is 13.5. The molecule has 2 aromatic carbocycles. The van der Waals surface area contributed by atoms with E-state index in [0.29, 0.717) is 5.13 Å². The maximum Gasteiger partial charge on any atom is 0.231 e. The lowest BCUT2D eigenvalue weighted by molar-refractivity contribution is 0.174. The van der Waals surface area contributed by atoms with Crippen LogP contribution in [0.2, 0.25) is 0 Å². The summed E-state index contributed by atoms with van der Waals surface area (Å²) in [4.78, 5) is 4.50. The SMILES string of the molecule is Nc1nnc(-c2cccc(N=Cc3ccc4c(c3)OCO4)c2)s1. The Morgan fingerprint density at radius 3 is 2.87 bits per heavy atom. The minimum atomic E-state index is 0.267. The lowest BCUT2D eigenvalue weighted by Gasteiger charge is -1.99. The molecule has 2 N–H and O–H groups in total. The van der Waals surface area contributed by atoms with Crippen molar-refractivity contribution in [1.82, 2.24) is 10.2 Å². The fraction of sp³-hybridized carbons (Fsp3) is 0.0625. The van der Waals surface area contributed by atoms with E-state index < -0.39 is 0 Å². The average molecular weight is 324 g/mol. The second-order valence-corrected chi connectivity index (χ2v) is 5.88. The van der Waals surface area contributed by atoms with Gasteiger partial charge in [-0.05, 0) is 35.9 Å². The minimum Gasteiger partial charge on any atom is -0.454 e. The van der Waals surface area contributed by atoms with Crippen LogP contribution in [0.4, 0.5) is 10.8 Å². The largest absolute Gasteiger partial charge is 0.454 e. The number of benzene rings is 2. The molecule has 3 aromatic rings. The topological polar surface area (TPSA) is 82.6 Å². The molecule has 0 saturated carbocycles. The van der Waals surface area contributed by atoms with Crippen molar-refractivity contribution in [2.75, 3.05) is 12.5 Å². The second-order valence-electron chi connectivity index (χ2n) is 4.87. The summed E-state index contributed by atoms with van der Waals surface area (Å²) in [5, 5.41) is 9.11. The molecule has 6 nitrogen and oxygen atoms in total. The van der Waals surface area contributed by atoms with Gasteiger partial charge < -0.3 is 15.2 Å². The summed E-state index contributed by atoms with van der Waals surface area (Å²) in [5.41, 5.74) is 8.34. The molecule has 0 spiro atoms. The van der Waals surface area contributed by atoms with Gasteiger partial charge in [-0.2, -0.15) is 0 Å². The molecule has 1 aliphatic rings. The molecule has 2 heterocycles. The van der Waals surface area contributed by atoms with Gasteiger partial charge in [0.2, 0.25) is 11.9 Å². The van der Waals surface area contributed by atoms with Crippen LogP contribution >= 0.6 is 11.3 Å². The third-order valence-corrected chi connectivity index (χ3v) is 4.09. The van der Waals surface area contributed by atoms with Gasteiger partial charge in [0.05, 0.1) is 5.69 Å². The predicted octanol–water partition coefficient (Wildman–Crippen LogP) is 3.27. The molecule has 1 aromatic heterocycles. The number of nitrogens with two attached hydrogens (primary N) is 1. The average Bonchev–Trinajstić information content (AvgIpc) is 3.21. The van der Waals surface area contributed by atoms with E-state index in [-0.39, 0.29) is 6.79 Å². The van der Waals surface area contributed by atoms with Crippen LogP contribution in [-0.2, 0) is 0 Å². The third kappa shape index (κ3) is 2.86. The highest BCUT2D eigenvalue weighted by Gasteiger charge is 2.12. The molecule has 0 fully saturated rings. The summed E-state index contributed by atoms with van der Waals surface area (Å²) in [6.07, 6.45) is 1.79. The molecule has 0 amide bonds. The first-order valence-corrected chi connectivity index (χ1v) is 7.73. The van der Waals surface area contributed by atoms with Crippen molar-refractivity contribution in [2.45, 2.75) is 0 Å². The van der Waals surface area contributed by atoms with Crippen LogP contribution in [0.5, 0.6) is 11.5 Å². The fourth-order valence-electron chi connectivity index (χ4n) is 2.21. The number of nitrogen functional groups attached to an aromatic ring is 1. The van der Waals surface area contributed by atoms with Gasteiger partial charge in [0.15, 0.2) is 11.5 Å². The van der Waals surface area contributed by atoms with Gasteiger partial charge in [0.1, 0.15) is 5.01 Å². The third-order valence-electron chi connectivity index (χ3n) is 3.29. The first-order chi connectivity index (χ1) is 11.3. The Labute approximate surface area is 136 Å². The molecule has 114 valence electrons. The van der Waals surface area contributed by atoms with Gasteiger partial charge >= 0.3 is 0 Å². The molecule has 0 aliphatic carbocycles. The van der Waals surface area contributed by atoms with E-state index in [1.165, 1.54) is 11.3 Å². The van der Waals surface area contributed by atoms with Crippen molar-refractivity contribution in [3.8, 4) is 22.1 Å². The van der Waals surface area contributed by atoms with Crippen LogP contribution in [0.25, 0.3) is 10.6 Å². The van der Waals surface area contributed by atoms with Crippen molar-refractivity contribution in [1.29, 1.82) is 0 Å². The Balaban J connectivity index is 1.59. The number of hydrogen-bond acceptors (Lipinski definition) is 7. The van der Waals surface area contributed by atoms with Crippen molar-refractivity contribution >= 4 is 28.4 Å². The van der Waals surface area contributed by atoms with E-state index in [9.17, 15) is 0 Å². The first-order valence-electron chi connectivity index (χ1n) is 6.91. The van der Waals surface area contributed by atoms with E-state index in [2.05, 4.69) is 15.2 Å². The molecule has 0 unspecified atom stereocenters. The molecule has 0 atom stereocenters. The van der Waals surface area contributed by atoms with E-state index in [1.807, 2.05) is 42.5 Å². The van der Waals surface area contributed by atoms with Gasteiger partial charge in [-0.1, -0.05) is 23.5 Å². The molecule has 23 heavy (non-hydrogen) atoms. The molecule has 0 radical (unpaired) electrons. The first kappa shape index (κ1) is 13.7. The zero-order chi connectivity index (χ0) is 15.6. The molecular weight excluding hydrogens is 312 g/mol. The van der Waals surface area contributed by atoms with Crippen LogP contribution < -0.4 is 15.2 Å². The maximum atomic E-state index is 5.63. The Kier molecular flexibility index (Phi) is 3.39. The maximum absolute atomic E-state index is 5.63. The van der Waals surface area contributed by atoms with Gasteiger partial charge in [-0.15, -0.1) is 10.2 Å². The lowest BCUT2D eigenvalue weighted by Crippen LogP contribution is -1.92. The number of aliphatic imine (C=N–C) groups is 1. The summed E-state index contributed by atoms with van der Waals surface area (Å²) in [6.45, 7) is 0.267. The smallest absolute Gasteiger partial charge is 0.231 e. The number of hydrogen-bond donors (Lipinski definition) is 1. The van der Waals surface area contributed by atoms with Crippen LogP contribution in [0.3, 0.4) is 0 Å². The lowest BCUT2D eigenvalue weighted by atomic mass is 10.2. The normalized spacial score (nSPS) is 12.9. The zero-order valence-electron chi connectivity index (χ0n) is 12.0. The Morgan fingerprint density at radius 1 is 1.09 bits per heavy atom. The van der Waals surface area contributed by atoms with Crippen LogP contribution in [0, 0.1) is 0 Å². The molecule has 0 saturated heterocycles. The summed E-state index contributed by atoms with van der Waals surface area (Å²) < 4.78 is 10.7. The quantitative estimate of drug-likeness (QED) is 0.748. The van der Waals surface area contributed by atoms with Gasteiger partial charge in [-0.3, -0.25) is 4.99 Å². The van der Waals surface area contributed by atoms with E-state index in [4.69, 9.17) is 15.2 Å². The van der Waals surface area contributed by atoms with Crippen molar-refractivity contribution in [3.05, 3.63) is 48.0 Å². The second kappa shape index (κ2) is 5.69. The fourth-order valence-corrected chi connectivity index (χ4v) is 2.82. The summed E-state index contributed by atoms with van der Waals surface area (Å²) in [7, 11) is 0. The summed E-state index contributed by atoms with van der Waals surface area (Å²) >= 11 is 1.35. The van der Waals surface area contributed by atoms with Gasteiger partial charge in [0.25, 0.3) is 0 Å². The monoisotopic (exact) mass is 324 g/mol. The Morgan fingerprint density at radius 2 is 2.00 bits per heavy atom. The molecular formula is C16H12N4O2S. The summed E-state index contributed by atoms with van der Waals surface area (Å²) in [5.74, 6) is 1.50. The molecule has 7 heteroatoms. The molecule has 4 rings (SSSR count). The Bertz CT molecular complexity index is 891. The van der Waals surface area contributed by atoms with Crippen molar-refractivity contribution in [2.24, 2.45) is 4.99 Å². The van der Waals surface area contributed by atoms with Crippen LogP contribution in [0.15, 0.2) is 47.5 Å². The van der Waals surface area contributed by atoms with Gasteiger partial charge in [-0.25, -0.2) is 0 Å². The van der Waals surface area contributed by atoms with Crippen LogP contribution in [0.1, 0.15) is 5.56 Å². The number of ether oxygens (including phenoxy) is 2. The van der Waals surface area contributed by atoms with E-state index >= 15 is 0 Å². The minimum absolute atomic E-state index is 0.267. The zero-order valence-corrected chi connectivity index (χ0v) is 12.8. The number of aromatic nitrogens is 2. The number of fused-ring (bicyclic) bond motifs is 1. The predicted molar refractivity (Wildman–Crippen MR) is 89.6 cm³/mol. The standard InChI is InChI=1S/C16H12N4O2S/c17-16-20-19-15(23-16)11-2-1-3-12(7-11)18-8-10-4-5-13-14(6-10)22-9-21-13/h1-8H,9H2,(H2,17,20). The molecule has 1 aliphatic heterocycles. The highest BCUT2D eigenvalue weighted by molar-refractivity contribution is 7.18. The van der Waals surface area contributed by atoms with Gasteiger partial charge in [0, 0.05) is 11.8 Å². The van der Waals surface area contributed by atoms with Crippen molar-refractivity contribution in [3.63, 3.8) is 0 Å². The Hall–Kier alpha value is -2.93. The number of rotatable bonds is 3. The van der Waals surface area contributed by atoms with Crippen molar-refractivity contribution < 1.29 is 9.47 Å². The number of nitrogens with zero attached hydrogens (tertiary/aromatic N) is 3. The van der Waals surface area contributed by atoms with E-state index in [1.54, 1.807) is 6.21 Å². The van der Waals surface area contributed by atoms with E-state index in [0.717, 1.165) is 33.3 Å². The molecule has 0 bridgehead atoms.